The van der Waals surface area contributed by atoms with Crippen molar-refractivity contribution >= 4 is 5.97 Å². The van der Waals surface area contributed by atoms with E-state index in [4.69, 9.17) is 10.6 Å². The van der Waals surface area contributed by atoms with Crippen LogP contribution in [-0.4, -0.2) is 12.1 Å². The number of hydrogen-bond acceptors (Lipinski definition) is 4. The smallest absolute Gasteiger partial charge is 0.338 e. The van der Waals surface area contributed by atoms with E-state index in [9.17, 15) is 4.79 Å². The Kier molecular flexibility index (Phi) is 3.48. The van der Waals surface area contributed by atoms with Gasteiger partial charge < -0.3 is 9.57 Å². The molecule has 2 N–H and O–H groups in total. The van der Waals surface area contributed by atoms with Gasteiger partial charge in [0.05, 0.1) is 11.7 Å². The van der Waals surface area contributed by atoms with Gasteiger partial charge in [0, 0.05) is 0 Å². The molecule has 0 bridgehead atoms. The number of rotatable bonds is 3. The van der Waals surface area contributed by atoms with Crippen LogP contribution in [0.25, 0.3) is 0 Å². The maximum absolute atomic E-state index is 11.4. The lowest BCUT2D eigenvalue weighted by Gasteiger charge is -2.07. The Labute approximate surface area is 82.6 Å². The van der Waals surface area contributed by atoms with Gasteiger partial charge in [-0.1, -0.05) is 0 Å². The van der Waals surface area contributed by atoms with Crippen molar-refractivity contribution in [2.24, 2.45) is 5.90 Å². The van der Waals surface area contributed by atoms with E-state index in [2.05, 4.69) is 4.84 Å². The molecule has 0 spiro atoms. The summed E-state index contributed by atoms with van der Waals surface area (Å²) in [6.45, 7) is 3.60. The summed E-state index contributed by atoms with van der Waals surface area (Å²) in [6.07, 6.45) is -0.118. The second-order valence-electron chi connectivity index (χ2n) is 3.10. The molecule has 76 valence electrons. The molecule has 0 aliphatic heterocycles. The predicted molar refractivity (Wildman–Crippen MR) is 51.8 cm³/mol. The Bertz CT molecular complexity index is 306. The first-order valence-electron chi connectivity index (χ1n) is 4.31. The normalized spacial score (nSPS) is 10.0. The number of esters is 1. The van der Waals surface area contributed by atoms with Crippen molar-refractivity contribution in [3.05, 3.63) is 29.8 Å². The molecule has 0 saturated heterocycles. The number of hydrogen-bond donors (Lipinski definition) is 1. The Morgan fingerprint density at radius 2 is 1.86 bits per heavy atom. The fourth-order valence-electron chi connectivity index (χ4n) is 0.952. The average Bonchev–Trinajstić information content (AvgIpc) is 2.17. The Morgan fingerprint density at radius 3 is 2.29 bits per heavy atom. The van der Waals surface area contributed by atoms with Crippen LogP contribution >= 0.6 is 0 Å². The van der Waals surface area contributed by atoms with Gasteiger partial charge in [-0.15, -0.1) is 0 Å². The van der Waals surface area contributed by atoms with Gasteiger partial charge in [-0.05, 0) is 38.1 Å². The summed E-state index contributed by atoms with van der Waals surface area (Å²) in [5.74, 6) is 5.10. The number of nitrogens with two attached hydrogens (primary N) is 1. The van der Waals surface area contributed by atoms with Crippen molar-refractivity contribution in [2.75, 3.05) is 0 Å². The van der Waals surface area contributed by atoms with E-state index in [0.717, 1.165) is 0 Å². The van der Waals surface area contributed by atoms with Crippen molar-refractivity contribution in [3.63, 3.8) is 0 Å². The van der Waals surface area contributed by atoms with Gasteiger partial charge >= 0.3 is 5.97 Å². The highest BCUT2D eigenvalue weighted by Crippen LogP contribution is 2.11. The number of benzene rings is 1. The standard InChI is InChI=1S/C10H13NO3/c1-7(2)13-10(12)8-3-5-9(14-11)6-4-8/h3-7H,11H2,1-2H3. The zero-order chi connectivity index (χ0) is 10.6. The van der Waals surface area contributed by atoms with Crippen LogP contribution in [0, 0.1) is 0 Å². The molecule has 1 aromatic carbocycles. The largest absolute Gasteiger partial charge is 0.459 e. The van der Waals surface area contributed by atoms with Gasteiger partial charge in [0.25, 0.3) is 0 Å². The van der Waals surface area contributed by atoms with E-state index in [1.807, 2.05) is 0 Å². The first-order valence-corrected chi connectivity index (χ1v) is 4.31. The van der Waals surface area contributed by atoms with Gasteiger partial charge in [0.1, 0.15) is 5.75 Å². The summed E-state index contributed by atoms with van der Waals surface area (Å²) < 4.78 is 5.00. The molecule has 0 heterocycles. The average molecular weight is 195 g/mol. The molecule has 0 aliphatic rings. The van der Waals surface area contributed by atoms with E-state index in [1.165, 1.54) is 0 Å². The van der Waals surface area contributed by atoms with Crippen LogP contribution in [0.1, 0.15) is 24.2 Å². The van der Waals surface area contributed by atoms with Gasteiger partial charge in [-0.25, -0.2) is 4.79 Å². The number of carbonyl (C=O) groups is 1. The van der Waals surface area contributed by atoms with Crippen molar-refractivity contribution < 1.29 is 14.4 Å². The lowest BCUT2D eigenvalue weighted by molar-refractivity contribution is 0.0378. The predicted octanol–water partition coefficient (Wildman–Crippen LogP) is 1.50. The molecule has 1 rings (SSSR count). The highest BCUT2D eigenvalue weighted by Gasteiger charge is 2.08. The fraction of sp³-hybridized carbons (Fsp3) is 0.300. The van der Waals surface area contributed by atoms with Crippen LogP contribution in [0.4, 0.5) is 0 Å². The molecule has 0 radical (unpaired) electrons. The molecule has 0 saturated carbocycles. The van der Waals surface area contributed by atoms with Crippen molar-refractivity contribution in [1.82, 2.24) is 0 Å². The first-order chi connectivity index (χ1) is 6.63. The van der Waals surface area contributed by atoms with E-state index in [-0.39, 0.29) is 12.1 Å². The third kappa shape index (κ3) is 2.74. The van der Waals surface area contributed by atoms with Gasteiger partial charge in [0.2, 0.25) is 0 Å². The van der Waals surface area contributed by atoms with Gasteiger partial charge in [0.15, 0.2) is 0 Å². The SMILES string of the molecule is CC(C)OC(=O)c1ccc(ON)cc1. The second kappa shape index (κ2) is 4.62. The van der Waals surface area contributed by atoms with E-state index >= 15 is 0 Å². The lowest BCUT2D eigenvalue weighted by Crippen LogP contribution is -2.11. The molecule has 14 heavy (non-hydrogen) atoms. The molecular weight excluding hydrogens is 182 g/mol. The number of ether oxygens (including phenoxy) is 1. The summed E-state index contributed by atoms with van der Waals surface area (Å²) in [5, 5.41) is 0. The van der Waals surface area contributed by atoms with Gasteiger partial charge in [-0.3, -0.25) is 0 Å². The van der Waals surface area contributed by atoms with E-state index < -0.39 is 0 Å². The molecule has 1 aromatic rings. The summed E-state index contributed by atoms with van der Waals surface area (Å²) in [4.78, 5) is 15.8. The monoisotopic (exact) mass is 195 g/mol. The molecule has 0 unspecified atom stereocenters. The number of carbonyl (C=O) groups excluding carboxylic acids is 1. The highest BCUT2D eigenvalue weighted by atomic mass is 16.6. The summed E-state index contributed by atoms with van der Waals surface area (Å²) in [7, 11) is 0. The topological polar surface area (TPSA) is 61.5 Å². The van der Waals surface area contributed by atoms with Crippen LogP contribution in [0.15, 0.2) is 24.3 Å². The van der Waals surface area contributed by atoms with Crippen LogP contribution in [0.3, 0.4) is 0 Å². The summed E-state index contributed by atoms with van der Waals surface area (Å²) in [6, 6.07) is 6.42. The van der Waals surface area contributed by atoms with Crippen molar-refractivity contribution in [3.8, 4) is 5.75 Å². The Balaban J connectivity index is 2.71. The quantitative estimate of drug-likeness (QED) is 0.586. The molecule has 4 heteroatoms. The van der Waals surface area contributed by atoms with Gasteiger partial charge in [-0.2, -0.15) is 5.90 Å². The van der Waals surface area contributed by atoms with Crippen LogP contribution < -0.4 is 10.7 Å². The first kappa shape index (κ1) is 10.5. The highest BCUT2D eigenvalue weighted by molar-refractivity contribution is 5.89. The Morgan fingerprint density at radius 1 is 1.29 bits per heavy atom. The maximum atomic E-state index is 11.4. The Hall–Kier alpha value is -1.55. The van der Waals surface area contributed by atoms with Crippen molar-refractivity contribution in [2.45, 2.75) is 20.0 Å². The maximum Gasteiger partial charge on any atom is 0.338 e. The summed E-state index contributed by atoms with van der Waals surface area (Å²) >= 11 is 0. The molecule has 0 atom stereocenters. The third-order valence-corrected chi connectivity index (χ3v) is 1.57. The van der Waals surface area contributed by atoms with E-state index in [0.29, 0.717) is 11.3 Å². The van der Waals surface area contributed by atoms with Crippen LogP contribution in [-0.2, 0) is 4.74 Å². The second-order valence-corrected chi connectivity index (χ2v) is 3.10. The fourth-order valence-corrected chi connectivity index (χ4v) is 0.952. The van der Waals surface area contributed by atoms with Crippen LogP contribution in [0.2, 0.25) is 0 Å². The molecule has 4 nitrogen and oxygen atoms in total. The summed E-state index contributed by atoms with van der Waals surface area (Å²) in [5.41, 5.74) is 0.486. The molecule has 0 fully saturated rings. The molecule has 0 aromatic heterocycles. The minimum Gasteiger partial charge on any atom is -0.459 e. The third-order valence-electron chi connectivity index (χ3n) is 1.57. The van der Waals surface area contributed by atoms with Crippen LogP contribution in [0.5, 0.6) is 5.75 Å². The van der Waals surface area contributed by atoms with E-state index in [1.54, 1.807) is 38.1 Å². The molecule has 0 amide bonds. The minimum absolute atomic E-state index is 0.118. The zero-order valence-electron chi connectivity index (χ0n) is 8.19. The molecule has 0 aliphatic carbocycles. The zero-order valence-corrected chi connectivity index (χ0v) is 8.19. The molecular formula is C10H13NO3. The minimum atomic E-state index is -0.344. The lowest BCUT2D eigenvalue weighted by atomic mass is 10.2. The van der Waals surface area contributed by atoms with Crippen molar-refractivity contribution in [1.29, 1.82) is 0 Å².